The number of benzene rings is 1. The first-order chi connectivity index (χ1) is 9.49. The molecule has 0 amide bonds. The number of aromatic nitrogens is 2. The van der Waals surface area contributed by atoms with Gasteiger partial charge in [-0.1, -0.05) is 0 Å². The van der Waals surface area contributed by atoms with Crippen molar-refractivity contribution in [2.75, 3.05) is 0 Å². The van der Waals surface area contributed by atoms with E-state index in [0.29, 0.717) is 0 Å². The molecule has 9 nitrogen and oxygen atoms in total. The molecule has 0 radical (unpaired) electrons. The van der Waals surface area contributed by atoms with Crippen LogP contribution in [0.4, 0.5) is 11.4 Å². The summed E-state index contributed by atoms with van der Waals surface area (Å²) in [6, 6.07) is 4.51. The Labute approximate surface area is 111 Å². The van der Waals surface area contributed by atoms with Crippen LogP contribution in [0.2, 0.25) is 0 Å². The summed E-state index contributed by atoms with van der Waals surface area (Å²) in [6.45, 7) is -0.0824. The first-order valence-corrected chi connectivity index (χ1v) is 5.41. The molecule has 0 aliphatic heterocycles. The summed E-state index contributed by atoms with van der Waals surface area (Å²) in [7, 11) is 0. The van der Waals surface area contributed by atoms with Gasteiger partial charge in [0.25, 0.3) is 16.9 Å². The minimum absolute atomic E-state index is 0.0824. The maximum atomic E-state index is 11.5. The zero-order chi connectivity index (χ0) is 14.7. The Hall–Kier alpha value is -3.10. The number of nitro groups is 2. The van der Waals surface area contributed by atoms with E-state index in [9.17, 15) is 25.0 Å². The molecular formula is C11H8N4O5. The summed E-state index contributed by atoms with van der Waals surface area (Å²) in [5.74, 6) is 0. The molecule has 0 saturated carbocycles. The largest absolute Gasteiger partial charge is 0.295 e. The number of hydrogen-bond donors (Lipinski definition) is 0. The van der Waals surface area contributed by atoms with Crippen molar-refractivity contribution in [3.05, 3.63) is 72.9 Å². The van der Waals surface area contributed by atoms with Crippen LogP contribution < -0.4 is 5.56 Å². The van der Waals surface area contributed by atoms with Gasteiger partial charge in [-0.2, -0.15) is 0 Å². The fourth-order valence-corrected chi connectivity index (χ4v) is 1.65. The van der Waals surface area contributed by atoms with E-state index in [0.717, 1.165) is 12.1 Å². The number of nitro benzene ring substituents is 2. The minimum atomic E-state index is -0.719. The zero-order valence-corrected chi connectivity index (χ0v) is 10.0. The first-order valence-electron chi connectivity index (χ1n) is 5.41. The molecule has 0 N–H and O–H groups in total. The second-order valence-electron chi connectivity index (χ2n) is 3.87. The molecule has 0 saturated heterocycles. The fraction of sp³-hybridized carbons (Fsp3) is 0.0909. The predicted molar refractivity (Wildman–Crippen MR) is 67.3 cm³/mol. The molecule has 0 fully saturated rings. The predicted octanol–water partition coefficient (Wildman–Crippen LogP) is 1.11. The highest BCUT2D eigenvalue weighted by Gasteiger charge is 2.19. The average molecular weight is 276 g/mol. The SMILES string of the molecule is O=c1ccncn1Cc1ccc([N+](=O)[O-])cc1[N+](=O)[O-]. The Kier molecular flexibility index (Phi) is 3.51. The lowest BCUT2D eigenvalue weighted by Gasteiger charge is -2.05. The van der Waals surface area contributed by atoms with Crippen molar-refractivity contribution in [3.8, 4) is 0 Å². The van der Waals surface area contributed by atoms with Crippen LogP contribution in [-0.4, -0.2) is 19.4 Å². The number of non-ortho nitro benzene ring substituents is 1. The Bertz CT molecular complexity index is 740. The third kappa shape index (κ3) is 2.66. The molecule has 2 aromatic rings. The van der Waals surface area contributed by atoms with Gasteiger partial charge in [0.15, 0.2) is 0 Å². The summed E-state index contributed by atoms with van der Waals surface area (Å²) in [4.78, 5) is 35.4. The Morgan fingerprint density at radius 2 is 1.90 bits per heavy atom. The molecule has 102 valence electrons. The molecule has 0 unspecified atom stereocenters. The van der Waals surface area contributed by atoms with E-state index < -0.39 is 15.5 Å². The van der Waals surface area contributed by atoms with Crippen molar-refractivity contribution >= 4 is 11.4 Å². The van der Waals surface area contributed by atoms with Crippen molar-refractivity contribution in [2.24, 2.45) is 0 Å². The number of nitrogens with zero attached hydrogens (tertiary/aromatic N) is 4. The lowest BCUT2D eigenvalue weighted by Crippen LogP contribution is -2.19. The van der Waals surface area contributed by atoms with Crippen LogP contribution in [-0.2, 0) is 6.54 Å². The topological polar surface area (TPSA) is 121 Å². The van der Waals surface area contributed by atoms with Crippen molar-refractivity contribution in [2.45, 2.75) is 6.54 Å². The highest BCUT2D eigenvalue weighted by molar-refractivity contribution is 5.49. The Morgan fingerprint density at radius 1 is 1.15 bits per heavy atom. The van der Waals surface area contributed by atoms with Crippen LogP contribution in [0.15, 0.2) is 41.6 Å². The maximum absolute atomic E-state index is 11.5. The molecular weight excluding hydrogens is 268 g/mol. The Morgan fingerprint density at radius 3 is 2.50 bits per heavy atom. The summed E-state index contributed by atoms with van der Waals surface area (Å²) < 4.78 is 1.17. The van der Waals surface area contributed by atoms with Gasteiger partial charge < -0.3 is 0 Å². The van der Waals surface area contributed by atoms with E-state index >= 15 is 0 Å². The van der Waals surface area contributed by atoms with Gasteiger partial charge >= 0.3 is 0 Å². The molecule has 0 aliphatic rings. The molecule has 0 atom stereocenters. The summed E-state index contributed by atoms with van der Waals surface area (Å²) >= 11 is 0. The summed E-state index contributed by atoms with van der Waals surface area (Å²) in [5.41, 5.74) is -0.961. The zero-order valence-electron chi connectivity index (χ0n) is 10.0. The highest BCUT2D eigenvalue weighted by atomic mass is 16.6. The molecule has 1 aromatic carbocycles. The van der Waals surface area contributed by atoms with Crippen LogP contribution in [0.3, 0.4) is 0 Å². The summed E-state index contributed by atoms with van der Waals surface area (Å²) in [6.07, 6.45) is 2.55. The standard InChI is InChI=1S/C11H8N4O5/c16-11-3-4-12-7-13(11)6-8-1-2-9(14(17)18)5-10(8)15(19)20/h1-5,7H,6H2. The molecule has 0 spiro atoms. The average Bonchev–Trinajstić information content (AvgIpc) is 2.41. The van der Waals surface area contributed by atoms with Crippen LogP contribution in [0.1, 0.15) is 5.56 Å². The molecule has 20 heavy (non-hydrogen) atoms. The molecule has 1 heterocycles. The van der Waals surface area contributed by atoms with E-state index in [2.05, 4.69) is 4.98 Å². The van der Waals surface area contributed by atoms with E-state index in [1.807, 2.05) is 0 Å². The quantitative estimate of drug-likeness (QED) is 0.609. The van der Waals surface area contributed by atoms with E-state index in [4.69, 9.17) is 0 Å². The van der Waals surface area contributed by atoms with E-state index in [-0.39, 0.29) is 23.4 Å². The lowest BCUT2D eigenvalue weighted by molar-refractivity contribution is -0.394. The van der Waals surface area contributed by atoms with Crippen LogP contribution in [0, 0.1) is 20.2 Å². The van der Waals surface area contributed by atoms with Crippen LogP contribution in [0.25, 0.3) is 0 Å². The molecule has 0 bridgehead atoms. The van der Waals surface area contributed by atoms with E-state index in [1.165, 1.54) is 29.2 Å². The van der Waals surface area contributed by atoms with Gasteiger partial charge in [-0.3, -0.25) is 29.6 Å². The minimum Gasteiger partial charge on any atom is -0.295 e. The van der Waals surface area contributed by atoms with Crippen molar-refractivity contribution in [1.82, 2.24) is 9.55 Å². The molecule has 2 rings (SSSR count). The smallest absolute Gasteiger partial charge is 0.281 e. The van der Waals surface area contributed by atoms with Gasteiger partial charge in [-0.05, 0) is 6.07 Å². The van der Waals surface area contributed by atoms with Crippen molar-refractivity contribution in [3.63, 3.8) is 0 Å². The van der Waals surface area contributed by atoms with Gasteiger partial charge in [0, 0.05) is 18.3 Å². The van der Waals surface area contributed by atoms with Gasteiger partial charge in [0.05, 0.1) is 34.3 Å². The molecule has 9 heteroatoms. The third-order valence-corrected chi connectivity index (χ3v) is 2.61. The van der Waals surface area contributed by atoms with Crippen molar-refractivity contribution < 1.29 is 9.85 Å². The lowest BCUT2D eigenvalue weighted by atomic mass is 10.1. The third-order valence-electron chi connectivity index (χ3n) is 2.61. The summed E-state index contributed by atoms with van der Waals surface area (Å²) in [5, 5.41) is 21.6. The number of hydrogen-bond acceptors (Lipinski definition) is 6. The van der Waals surface area contributed by atoms with Gasteiger partial charge in [-0.25, -0.2) is 4.98 Å². The van der Waals surface area contributed by atoms with Gasteiger partial charge in [0.2, 0.25) is 0 Å². The molecule has 1 aromatic heterocycles. The van der Waals surface area contributed by atoms with Crippen molar-refractivity contribution in [1.29, 1.82) is 0 Å². The number of rotatable bonds is 4. The van der Waals surface area contributed by atoms with Gasteiger partial charge in [0.1, 0.15) is 0 Å². The second kappa shape index (κ2) is 5.26. The van der Waals surface area contributed by atoms with Crippen LogP contribution in [0.5, 0.6) is 0 Å². The van der Waals surface area contributed by atoms with Crippen LogP contribution >= 0.6 is 0 Å². The highest BCUT2D eigenvalue weighted by Crippen LogP contribution is 2.24. The second-order valence-corrected chi connectivity index (χ2v) is 3.87. The van der Waals surface area contributed by atoms with Gasteiger partial charge in [-0.15, -0.1) is 0 Å². The maximum Gasteiger partial charge on any atom is 0.281 e. The monoisotopic (exact) mass is 276 g/mol. The normalized spacial score (nSPS) is 10.2. The first kappa shape index (κ1) is 13.3. The van der Waals surface area contributed by atoms with E-state index in [1.54, 1.807) is 0 Å². The Balaban J connectivity index is 2.47. The fourth-order valence-electron chi connectivity index (χ4n) is 1.65. The molecule has 0 aliphatic carbocycles.